The summed E-state index contributed by atoms with van der Waals surface area (Å²) >= 11 is 5.97. The number of carbonyl (C=O) groups excluding carboxylic acids is 1. The van der Waals surface area contributed by atoms with E-state index in [2.05, 4.69) is 10.5 Å². The van der Waals surface area contributed by atoms with Gasteiger partial charge in [0.1, 0.15) is 18.2 Å². The molecule has 3 rings (SSSR count). The Morgan fingerprint density at radius 2 is 1.90 bits per heavy atom. The Morgan fingerprint density at radius 1 is 1.17 bits per heavy atom. The molecule has 0 saturated carbocycles. The quantitative estimate of drug-likeness (QED) is 0.335. The number of ether oxygens (including phenoxy) is 1. The summed E-state index contributed by atoms with van der Waals surface area (Å²) in [5.41, 5.74) is 3.19. The van der Waals surface area contributed by atoms with Gasteiger partial charge in [0.05, 0.1) is 16.2 Å². The normalized spacial score (nSPS) is 10.7. The van der Waals surface area contributed by atoms with E-state index < -0.39 is 16.6 Å². The molecule has 0 heterocycles. The summed E-state index contributed by atoms with van der Waals surface area (Å²) in [6.07, 6.45) is 1.41. The zero-order chi connectivity index (χ0) is 21.5. The van der Waals surface area contributed by atoms with Crippen molar-refractivity contribution >= 4 is 29.4 Å². The van der Waals surface area contributed by atoms with Crippen LogP contribution >= 0.6 is 11.6 Å². The lowest BCUT2D eigenvalue weighted by atomic mass is 10.2. The van der Waals surface area contributed by atoms with Gasteiger partial charge < -0.3 is 4.74 Å². The molecule has 1 amide bonds. The second-order valence-electron chi connectivity index (χ2n) is 6.06. The number of rotatable bonds is 7. The molecule has 0 aliphatic heterocycles. The van der Waals surface area contributed by atoms with Crippen molar-refractivity contribution in [3.05, 3.63) is 104 Å². The number of non-ortho nitro benzene ring substituents is 1. The Hall–Kier alpha value is -3.78. The highest BCUT2D eigenvalue weighted by Gasteiger charge is 2.11. The first kappa shape index (κ1) is 20.9. The number of halogens is 2. The molecule has 0 fully saturated rings. The summed E-state index contributed by atoms with van der Waals surface area (Å²) in [5, 5.41) is 14.9. The lowest BCUT2D eigenvalue weighted by Crippen LogP contribution is -2.17. The van der Waals surface area contributed by atoms with Crippen molar-refractivity contribution in [2.75, 3.05) is 0 Å². The van der Waals surface area contributed by atoms with Gasteiger partial charge >= 0.3 is 0 Å². The monoisotopic (exact) mass is 427 g/mol. The first-order chi connectivity index (χ1) is 14.4. The van der Waals surface area contributed by atoms with E-state index in [1.807, 2.05) is 0 Å². The maximum atomic E-state index is 13.8. The molecule has 3 aromatic rings. The topological polar surface area (TPSA) is 93.8 Å². The Kier molecular flexibility index (Phi) is 6.71. The number of benzene rings is 3. The minimum absolute atomic E-state index is 0.0157. The van der Waals surface area contributed by atoms with Gasteiger partial charge in [0.2, 0.25) is 0 Å². The summed E-state index contributed by atoms with van der Waals surface area (Å²) in [7, 11) is 0. The fraction of sp³-hybridized carbons (Fsp3) is 0.0476. The van der Waals surface area contributed by atoms with Crippen LogP contribution in [0.5, 0.6) is 5.75 Å². The molecule has 0 bridgehead atoms. The van der Waals surface area contributed by atoms with E-state index in [1.54, 1.807) is 30.3 Å². The van der Waals surface area contributed by atoms with E-state index in [0.29, 0.717) is 16.3 Å². The molecule has 0 aliphatic rings. The number of hydrazone groups is 1. The molecule has 3 aromatic carbocycles. The highest BCUT2D eigenvalue weighted by molar-refractivity contribution is 6.31. The minimum atomic E-state index is -0.580. The van der Waals surface area contributed by atoms with E-state index >= 15 is 0 Å². The zero-order valence-corrected chi connectivity index (χ0v) is 16.2. The number of nitrogens with one attached hydrogen (secondary N) is 1. The van der Waals surface area contributed by atoms with Crippen molar-refractivity contribution in [2.24, 2.45) is 5.10 Å². The lowest BCUT2D eigenvalue weighted by molar-refractivity contribution is -0.384. The smallest absolute Gasteiger partial charge is 0.271 e. The van der Waals surface area contributed by atoms with E-state index in [4.69, 9.17) is 16.3 Å². The van der Waals surface area contributed by atoms with Crippen molar-refractivity contribution < 1.29 is 18.8 Å². The maximum absolute atomic E-state index is 13.8. The minimum Gasteiger partial charge on any atom is -0.489 e. The number of hydrogen-bond acceptors (Lipinski definition) is 5. The third-order valence-corrected chi connectivity index (χ3v) is 4.38. The molecular weight excluding hydrogens is 413 g/mol. The molecule has 0 saturated heterocycles. The molecule has 0 spiro atoms. The van der Waals surface area contributed by atoms with Crippen molar-refractivity contribution in [3.63, 3.8) is 0 Å². The second-order valence-corrected chi connectivity index (χ2v) is 6.47. The number of carbonyl (C=O) groups is 1. The average Bonchev–Trinajstić information content (AvgIpc) is 2.74. The molecular formula is C21H15ClFN3O4. The van der Waals surface area contributed by atoms with Crippen molar-refractivity contribution in [1.29, 1.82) is 0 Å². The van der Waals surface area contributed by atoms with E-state index in [0.717, 1.165) is 0 Å². The van der Waals surface area contributed by atoms with Crippen molar-refractivity contribution in [1.82, 2.24) is 5.43 Å². The van der Waals surface area contributed by atoms with Gasteiger partial charge in [-0.3, -0.25) is 14.9 Å². The van der Waals surface area contributed by atoms with Gasteiger partial charge in [-0.05, 0) is 48.0 Å². The predicted octanol–water partition coefficient (Wildman–Crippen LogP) is 4.73. The first-order valence-electron chi connectivity index (χ1n) is 8.67. The zero-order valence-electron chi connectivity index (χ0n) is 15.4. The third kappa shape index (κ3) is 5.39. The average molecular weight is 428 g/mol. The van der Waals surface area contributed by atoms with Crippen LogP contribution in [0.3, 0.4) is 0 Å². The Balaban J connectivity index is 1.56. The Bertz CT molecular complexity index is 1080. The summed E-state index contributed by atoms with van der Waals surface area (Å²) in [5.74, 6) is -0.505. The second kappa shape index (κ2) is 9.62. The molecule has 0 atom stereocenters. The molecule has 1 N–H and O–H groups in total. The fourth-order valence-electron chi connectivity index (χ4n) is 2.47. The molecule has 30 heavy (non-hydrogen) atoms. The molecule has 0 unspecified atom stereocenters. The highest BCUT2D eigenvalue weighted by Crippen LogP contribution is 2.21. The summed E-state index contributed by atoms with van der Waals surface area (Å²) in [6, 6.07) is 16.5. The molecule has 7 nitrogen and oxygen atoms in total. The first-order valence-corrected chi connectivity index (χ1v) is 9.05. The van der Waals surface area contributed by atoms with Gasteiger partial charge in [-0.1, -0.05) is 23.7 Å². The van der Waals surface area contributed by atoms with Crippen LogP contribution in [0.15, 0.2) is 71.8 Å². The molecule has 0 radical (unpaired) electrons. The number of nitrogens with zero attached hydrogens (tertiary/aromatic N) is 2. The van der Waals surface area contributed by atoms with E-state index in [-0.39, 0.29) is 23.4 Å². The standard InChI is InChI=1S/C21H15ClFN3O4/c22-19-5-2-6-20(23)18(19)13-30-17-9-7-14(8-10-17)12-24-25-21(27)15-3-1-4-16(11-15)26(28)29/h1-12H,13H2,(H,25,27)/b24-12+. The third-order valence-electron chi connectivity index (χ3n) is 4.02. The van der Waals surface area contributed by atoms with E-state index in [1.165, 1.54) is 42.6 Å². The van der Waals surface area contributed by atoms with Crippen LogP contribution in [-0.4, -0.2) is 17.0 Å². The van der Waals surface area contributed by atoms with Gasteiger partial charge in [-0.2, -0.15) is 5.10 Å². The van der Waals surface area contributed by atoms with Gasteiger partial charge in [0.25, 0.3) is 11.6 Å². The van der Waals surface area contributed by atoms with Crippen LogP contribution < -0.4 is 10.2 Å². The van der Waals surface area contributed by atoms with Gasteiger partial charge in [0.15, 0.2) is 0 Å². The number of nitro groups is 1. The Labute approximate surface area is 175 Å². The Morgan fingerprint density at radius 3 is 2.60 bits per heavy atom. The number of nitro benzene ring substituents is 1. The van der Waals surface area contributed by atoms with Crippen LogP contribution in [0, 0.1) is 15.9 Å². The van der Waals surface area contributed by atoms with Crippen LogP contribution in [-0.2, 0) is 6.61 Å². The largest absolute Gasteiger partial charge is 0.489 e. The number of hydrogen-bond donors (Lipinski definition) is 1. The molecule has 9 heteroatoms. The predicted molar refractivity (Wildman–Crippen MR) is 110 cm³/mol. The van der Waals surface area contributed by atoms with Crippen molar-refractivity contribution in [2.45, 2.75) is 6.61 Å². The SMILES string of the molecule is O=C(N/N=C/c1ccc(OCc2c(F)cccc2Cl)cc1)c1cccc([N+](=O)[O-])c1. The number of amides is 1. The van der Waals surface area contributed by atoms with Crippen LogP contribution in [0.4, 0.5) is 10.1 Å². The summed E-state index contributed by atoms with van der Waals surface area (Å²) in [4.78, 5) is 22.2. The van der Waals surface area contributed by atoms with Crippen LogP contribution in [0.2, 0.25) is 5.02 Å². The molecule has 0 aliphatic carbocycles. The van der Waals surface area contributed by atoms with Crippen LogP contribution in [0.25, 0.3) is 0 Å². The highest BCUT2D eigenvalue weighted by atomic mass is 35.5. The van der Waals surface area contributed by atoms with Crippen LogP contribution in [0.1, 0.15) is 21.5 Å². The summed E-state index contributed by atoms with van der Waals surface area (Å²) < 4.78 is 19.3. The lowest BCUT2D eigenvalue weighted by Gasteiger charge is -2.08. The molecule has 152 valence electrons. The fourth-order valence-corrected chi connectivity index (χ4v) is 2.68. The van der Waals surface area contributed by atoms with E-state index in [9.17, 15) is 19.3 Å². The summed E-state index contributed by atoms with van der Waals surface area (Å²) in [6.45, 7) is -0.0157. The van der Waals surface area contributed by atoms with Gasteiger partial charge in [-0.25, -0.2) is 9.82 Å². The van der Waals surface area contributed by atoms with Crippen molar-refractivity contribution in [3.8, 4) is 5.75 Å². The van der Waals surface area contributed by atoms with Gasteiger partial charge in [-0.15, -0.1) is 0 Å². The maximum Gasteiger partial charge on any atom is 0.271 e. The molecule has 0 aromatic heterocycles. The van der Waals surface area contributed by atoms with Gasteiger partial charge in [0, 0.05) is 23.3 Å².